The van der Waals surface area contributed by atoms with Gasteiger partial charge in [0.1, 0.15) is 18.5 Å². The summed E-state index contributed by atoms with van der Waals surface area (Å²) < 4.78 is 8.06. The third-order valence-electron chi connectivity index (χ3n) is 5.21. The number of hydrogen-bond acceptors (Lipinski definition) is 4. The van der Waals surface area contributed by atoms with Crippen molar-refractivity contribution >= 4 is 11.0 Å². The van der Waals surface area contributed by atoms with Crippen molar-refractivity contribution in [2.45, 2.75) is 32.3 Å². The fourth-order valence-corrected chi connectivity index (χ4v) is 3.67. The van der Waals surface area contributed by atoms with Gasteiger partial charge in [0.05, 0.1) is 30.3 Å². The lowest BCUT2D eigenvalue weighted by Crippen LogP contribution is -2.24. The van der Waals surface area contributed by atoms with Gasteiger partial charge in [0.2, 0.25) is 0 Å². The Balaban J connectivity index is 1.52. The first kappa shape index (κ1) is 20.3. The second-order valence-corrected chi connectivity index (χ2v) is 7.47. The van der Waals surface area contributed by atoms with E-state index in [9.17, 15) is 10.2 Å². The minimum atomic E-state index is -0.746. The summed E-state index contributed by atoms with van der Waals surface area (Å²) in [6.07, 6.45) is -1.01. The van der Waals surface area contributed by atoms with Crippen molar-refractivity contribution in [1.29, 1.82) is 0 Å². The first-order valence-corrected chi connectivity index (χ1v) is 10.1. The number of hydrogen-bond donors (Lipinski definition) is 2. The summed E-state index contributed by atoms with van der Waals surface area (Å²) in [5.41, 5.74) is 4.96. The van der Waals surface area contributed by atoms with Crippen LogP contribution in [0.4, 0.5) is 0 Å². The van der Waals surface area contributed by atoms with Gasteiger partial charge in [-0.3, -0.25) is 0 Å². The first-order chi connectivity index (χ1) is 14.7. The second-order valence-electron chi connectivity index (χ2n) is 7.47. The van der Waals surface area contributed by atoms with E-state index in [2.05, 4.69) is 36.2 Å². The van der Waals surface area contributed by atoms with Crippen molar-refractivity contribution in [2.24, 2.45) is 0 Å². The molecule has 2 atom stereocenters. The van der Waals surface area contributed by atoms with Crippen LogP contribution in [0.3, 0.4) is 0 Å². The molecule has 3 aromatic carbocycles. The molecule has 5 heteroatoms. The van der Waals surface area contributed by atoms with Crippen LogP contribution in [0.2, 0.25) is 0 Å². The van der Waals surface area contributed by atoms with Gasteiger partial charge >= 0.3 is 0 Å². The van der Waals surface area contributed by atoms with E-state index < -0.39 is 6.10 Å². The Bertz CT molecular complexity index is 1090. The number of aliphatic hydroxyl groups is 2. The van der Waals surface area contributed by atoms with Gasteiger partial charge in [-0.25, -0.2) is 4.98 Å². The number of fused-ring (bicyclic) bond motifs is 1. The number of nitrogens with zero attached hydrogens (tertiary/aromatic N) is 2. The number of imidazole rings is 1. The Labute approximate surface area is 176 Å². The number of aliphatic hydroxyl groups excluding tert-OH is 2. The Morgan fingerprint density at radius 3 is 2.30 bits per heavy atom. The molecule has 2 unspecified atom stereocenters. The predicted molar refractivity (Wildman–Crippen MR) is 117 cm³/mol. The fraction of sp³-hybridized carbons (Fsp3) is 0.240. The zero-order valence-electron chi connectivity index (χ0n) is 17.0. The summed E-state index contributed by atoms with van der Waals surface area (Å²) in [6.45, 7) is 2.33. The molecule has 0 spiro atoms. The molecule has 1 heterocycles. The predicted octanol–water partition coefficient (Wildman–Crippen LogP) is 4.00. The van der Waals surface area contributed by atoms with Crippen LogP contribution < -0.4 is 0 Å². The number of aryl methyl sites for hydroxylation is 1. The highest BCUT2D eigenvalue weighted by molar-refractivity contribution is 5.75. The highest BCUT2D eigenvalue weighted by atomic mass is 16.5. The number of benzene rings is 3. The van der Waals surface area contributed by atoms with Gasteiger partial charge in [-0.15, -0.1) is 0 Å². The smallest absolute Gasteiger partial charge is 0.135 e. The minimum Gasteiger partial charge on any atom is -0.389 e. The lowest BCUT2D eigenvalue weighted by molar-refractivity contribution is -0.000735. The molecule has 30 heavy (non-hydrogen) atoms. The van der Waals surface area contributed by atoms with Crippen molar-refractivity contribution in [2.75, 3.05) is 6.61 Å². The van der Waals surface area contributed by atoms with Crippen LogP contribution in [0.1, 0.15) is 28.6 Å². The topological polar surface area (TPSA) is 67.5 Å². The monoisotopic (exact) mass is 402 g/mol. The van der Waals surface area contributed by atoms with Crippen LogP contribution in [0.15, 0.2) is 78.9 Å². The Morgan fingerprint density at radius 2 is 1.57 bits per heavy atom. The molecular weight excluding hydrogens is 376 g/mol. The molecule has 0 aliphatic carbocycles. The average Bonchev–Trinajstić information content (AvgIpc) is 3.13. The van der Waals surface area contributed by atoms with Gasteiger partial charge in [0.25, 0.3) is 0 Å². The van der Waals surface area contributed by atoms with Gasteiger partial charge in [-0.05, 0) is 30.2 Å². The van der Waals surface area contributed by atoms with E-state index >= 15 is 0 Å². The minimum absolute atomic E-state index is 0.158. The molecule has 2 N–H and O–H groups in total. The van der Waals surface area contributed by atoms with Gasteiger partial charge < -0.3 is 19.5 Å². The first-order valence-electron chi connectivity index (χ1n) is 10.1. The molecule has 0 aliphatic heterocycles. The third-order valence-corrected chi connectivity index (χ3v) is 5.21. The SMILES string of the molecule is Cc1ccc(C(OCC(O)Cn2c(CO)nc3ccccc32)c2ccccc2)cc1. The van der Waals surface area contributed by atoms with Crippen LogP contribution >= 0.6 is 0 Å². The quantitative estimate of drug-likeness (QED) is 0.467. The van der Waals surface area contributed by atoms with E-state index in [0.717, 1.165) is 22.2 Å². The molecular formula is C25H26N2O3. The number of aromatic nitrogens is 2. The summed E-state index contributed by atoms with van der Waals surface area (Å²) in [5.74, 6) is 0.536. The van der Waals surface area contributed by atoms with Gasteiger partial charge in [0, 0.05) is 0 Å². The summed E-state index contributed by atoms with van der Waals surface area (Å²) in [6, 6.07) is 25.9. The second kappa shape index (κ2) is 9.22. The number of rotatable bonds is 8. The Morgan fingerprint density at radius 1 is 0.900 bits per heavy atom. The van der Waals surface area contributed by atoms with E-state index in [1.807, 2.05) is 59.2 Å². The average molecular weight is 402 g/mol. The molecule has 154 valence electrons. The van der Waals surface area contributed by atoms with Gasteiger partial charge in [-0.2, -0.15) is 0 Å². The summed E-state index contributed by atoms with van der Waals surface area (Å²) in [5, 5.41) is 20.4. The van der Waals surface area contributed by atoms with Crippen LogP contribution in [0, 0.1) is 6.92 Å². The molecule has 5 nitrogen and oxygen atoms in total. The summed E-state index contributed by atoms with van der Waals surface area (Å²) in [4.78, 5) is 4.44. The molecule has 4 aromatic rings. The highest BCUT2D eigenvalue weighted by Crippen LogP contribution is 2.27. The maximum atomic E-state index is 10.7. The van der Waals surface area contributed by atoms with E-state index in [1.54, 1.807) is 0 Å². The van der Waals surface area contributed by atoms with E-state index in [0.29, 0.717) is 12.4 Å². The molecule has 0 aliphatic rings. The van der Waals surface area contributed by atoms with Crippen LogP contribution in [0.5, 0.6) is 0 Å². The van der Waals surface area contributed by atoms with Crippen molar-refractivity contribution in [3.8, 4) is 0 Å². The highest BCUT2D eigenvalue weighted by Gasteiger charge is 2.18. The molecule has 4 rings (SSSR count). The van der Waals surface area contributed by atoms with Gasteiger partial charge in [-0.1, -0.05) is 72.3 Å². The van der Waals surface area contributed by atoms with E-state index in [4.69, 9.17) is 4.74 Å². The zero-order valence-corrected chi connectivity index (χ0v) is 17.0. The van der Waals surface area contributed by atoms with Crippen molar-refractivity contribution in [3.63, 3.8) is 0 Å². The van der Waals surface area contributed by atoms with E-state index in [1.165, 1.54) is 5.56 Å². The maximum absolute atomic E-state index is 10.7. The number of ether oxygens (including phenoxy) is 1. The lowest BCUT2D eigenvalue weighted by Gasteiger charge is -2.22. The van der Waals surface area contributed by atoms with Gasteiger partial charge in [0.15, 0.2) is 0 Å². The standard InChI is InChI=1S/C25H26N2O3/c1-18-11-13-20(14-12-18)25(19-7-3-2-4-8-19)30-17-21(29)15-27-23-10-6-5-9-22(23)26-24(27)16-28/h2-14,21,25,28-29H,15-17H2,1H3. The number of para-hydroxylation sites is 2. The normalized spacial score (nSPS) is 13.4. The van der Waals surface area contributed by atoms with Crippen molar-refractivity contribution < 1.29 is 14.9 Å². The molecule has 0 radical (unpaired) electrons. The molecule has 0 bridgehead atoms. The van der Waals surface area contributed by atoms with Crippen LogP contribution in [-0.2, 0) is 17.9 Å². The summed E-state index contributed by atoms with van der Waals surface area (Å²) in [7, 11) is 0. The molecule has 0 fully saturated rings. The van der Waals surface area contributed by atoms with Crippen molar-refractivity contribution in [1.82, 2.24) is 9.55 Å². The summed E-state index contributed by atoms with van der Waals surface area (Å²) >= 11 is 0. The molecule has 0 amide bonds. The molecule has 0 saturated heterocycles. The molecule has 1 aromatic heterocycles. The fourth-order valence-electron chi connectivity index (χ4n) is 3.67. The largest absolute Gasteiger partial charge is 0.389 e. The van der Waals surface area contributed by atoms with Crippen LogP contribution in [-0.4, -0.2) is 32.5 Å². The third kappa shape index (κ3) is 4.44. The van der Waals surface area contributed by atoms with Crippen LogP contribution in [0.25, 0.3) is 11.0 Å². The Kier molecular flexibility index (Phi) is 6.23. The lowest BCUT2D eigenvalue weighted by atomic mass is 10.0. The van der Waals surface area contributed by atoms with E-state index in [-0.39, 0.29) is 19.3 Å². The van der Waals surface area contributed by atoms with Crippen molar-refractivity contribution in [3.05, 3.63) is 101 Å². The zero-order chi connectivity index (χ0) is 20.9. The maximum Gasteiger partial charge on any atom is 0.135 e. The Hall–Kier alpha value is -2.99. The molecule has 0 saturated carbocycles.